The van der Waals surface area contributed by atoms with Crippen molar-refractivity contribution in [2.24, 2.45) is 0 Å². The molecule has 1 aromatic rings. The van der Waals surface area contributed by atoms with Gasteiger partial charge in [-0.25, -0.2) is 4.79 Å². The van der Waals surface area contributed by atoms with E-state index < -0.39 is 5.97 Å². The Kier molecular flexibility index (Phi) is 2.48. The van der Waals surface area contributed by atoms with Gasteiger partial charge >= 0.3 is 5.97 Å². The maximum absolute atomic E-state index is 10.9. The van der Waals surface area contributed by atoms with Gasteiger partial charge in [-0.1, -0.05) is 0 Å². The number of carbonyl (C=O) groups is 1. The van der Waals surface area contributed by atoms with Crippen LogP contribution in [0.15, 0.2) is 12.4 Å². The van der Waals surface area contributed by atoms with Crippen molar-refractivity contribution in [3.63, 3.8) is 0 Å². The number of esters is 1. The van der Waals surface area contributed by atoms with E-state index in [-0.39, 0.29) is 0 Å². The zero-order valence-corrected chi connectivity index (χ0v) is 6.02. The molecule has 0 spiro atoms. The van der Waals surface area contributed by atoms with E-state index in [0.29, 0.717) is 12.2 Å². The Labute approximate surface area is 63.4 Å². The third kappa shape index (κ3) is 1.96. The van der Waals surface area contributed by atoms with Gasteiger partial charge in [-0.05, 0) is 12.1 Å². The van der Waals surface area contributed by atoms with E-state index in [1.807, 2.05) is 0 Å². The number of nitrogens with zero attached hydrogens (tertiary/aromatic N) is 3. The van der Waals surface area contributed by atoms with Crippen molar-refractivity contribution in [2.75, 3.05) is 6.61 Å². The van der Waals surface area contributed by atoms with Crippen molar-refractivity contribution < 1.29 is 9.53 Å². The van der Waals surface area contributed by atoms with Crippen LogP contribution in [0.3, 0.4) is 0 Å². The first-order valence-electron chi connectivity index (χ1n) is 3.15. The molecule has 1 aromatic heterocycles. The van der Waals surface area contributed by atoms with Crippen molar-refractivity contribution in [3.8, 4) is 0 Å². The minimum Gasteiger partial charge on any atom is -0.462 e. The SMILES string of the molecule is CCOC(=O)c1cnnnc1. The van der Waals surface area contributed by atoms with Gasteiger partial charge < -0.3 is 4.74 Å². The molecule has 0 aliphatic rings. The lowest BCUT2D eigenvalue weighted by Crippen LogP contribution is -2.05. The van der Waals surface area contributed by atoms with Crippen LogP contribution in [0.1, 0.15) is 17.3 Å². The zero-order valence-electron chi connectivity index (χ0n) is 6.02. The molecule has 5 nitrogen and oxygen atoms in total. The van der Waals surface area contributed by atoms with Crippen LogP contribution in [0.2, 0.25) is 0 Å². The van der Waals surface area contributed by atoms with Gasteiger partial charge in [0.15, 0.2) is 0 Å². The highest BCUT2D eigenvalue weighted by molar-refractivity contribution is 5.88. The monoisotopic (exact) mass is 153 g/mol. The molecule has 11 heavy (non-hydrogen) atoms. The maximum Gasteiger partial charge on any atom is 0.341 e. The quantitative estimate of drug-likeness (QED) is 0.561. The van der Waals surface area contributed by atoms with E-state index >= 15 is 0 Å². The molecule has 0 aliphatic heterocycles. The second kappa shape index (κ2) is 3.60. The third-order valence-corrected chi connectivity index (χ3v) is 1.01. The lowest BCUT2D eigenvalue weighted by atomic mass is 10.4. The van der Waals surface area contributed by atoms with E-state index in [0.717, 1.165) is 0 Å². The van der Waals surface area contributed by atoms with Crippen molar-refractivity contribution in [3.05, 3.63) is 18.0 Å². The van der Waals surface area contributed by atoms with E-state index in [9.17, 15) is 4.79 Å². The molecule has 0 aliphatic carbocycles. The Balaban J connectivity index is 2.69. The molecule has 0 unspecified atom stereocenters. The van der Waals surface area contributed by atoms with E-state index in [1.165, 1.54) is 12.4 Å². The lowest BCUT2D eigenvalue weighted by Gasteiger charge is -1.97. The molecule has 0 atom stereocenters. The van der Waals surface area contributed by atoms with E-state index in [2.05, 4.69) is 20.1 Å². The summed E-state index contributed by atoms with van der Waals surface area (Å²) in [7, 11) is 0. The Morgan fingerprint density at radius 2 is 2.18 bits per heavy atom. The number of ether oxygens (including phenoxy) is 1. The lowest BCUT2D eigenvalue weighted by molar-refractivity contribution is 0.0525. The van der Waals surface area contributed by atoms with Crippen molar-refractivity contribution in [1.29, 1.82) is 0 Å². The van der Waals surface area contributed by atoms with Gasteiger partial charge in [-0.3, -0.25) is 0 Å². The molecule has 1 heterocycles. The molecule has 5 heteroatoms. The van der Waals surface area contributed by atoms with Gasteiger partial charge in [0.25, 0.3) is 0 Å². The standard InChI is InChI=1S/C6H7N3O2/c1-2-11-6(10)5-3-7-9-8-4-5/h3-4H,2H2,1H3. The highest BCUT2D eigenvalue weighted by Crippen LogP contribution is 1.94. The Hall–Kier alpha value is -1.52. The average molecular weight is 153 g/mol. The first-order chi connectivity index (χ1) is 5.34. The largest absolute Gasteiger partial charge is 0.462 e. The zero-order chi connectivity index (χ0) is 8.10. The molecule has 0 amide bonds. The maximum atomic E-state index is 10.9. The number of hydrogen-bond donors (Lipinski definition) is 0. The van der Waals surface area contributed by atoms with Crippen LogP contribution < -0.4 is 0 Å². The average Bonchev–Trinajstić information content (AvgIpc) is 2.07. The van der Waals surface area contributed by atoms with Gasteiger partial charge in [0.2, 0.25) is 0 Å². The summed E-state index contributed by atoms with van der Waals surface area (Å²) >= 11 is 0. The Morgan fingerprint density at radius 1 is 1.55 bits per heavy atom. The van der Waals surface area contributed by atoms with Crippen LogP contribution in [0.25, 0.3) is 0 Å². The molecule has 0 saturated carbocycles. The fourth-order valence-electron chi connectivity index (χ4n) is 0.559. The summed E-state index contributed by atoms with van der Waals surface area (Å²) in [6, 6.07) is 0. The molecular formula is C6H7N3O2. The van der Waals surface area contributed by atoms with Crippen molar-refractivity contribution in [2.45, 2.75) is 6.92 Å². The van der Waals surface area contributed by atoms with Crippen molar-refractivity contribution >= 4 is 5.97 Å². The predicted octanol–water partition coefficient (Wildman–Crippen LogP) is 0.0483. The van der Waals surface area contributed by atoms with Gasteiger partial charge in [-0.15, -0.1) is 10.2 Å². The summed E-state index contributed by atoms with van der Waals surface area (Å²) in [5, 5.41) is 10.1. The number of hydrogen-bond acceptors (Lipinski definition) is 5. The highest BCUT2D eigenvalue weighted by atomic mass is 16.5. The first-order valence-corrected chi connectivity index (χ1v) is 3.15. The van der Waals surface area contributed by atoms with Gasteiger partial charge in [0.1, 0.15) is 0 Å². The number of rotatable bonds is 2. The summed E-state index contributed by atoms with van der Waals surface area (Å²) in [5.74, 6) is -0.421. The smallest absolute Gasteiger partial charge is 0.341 e. The minimum absolute atomic E-state index is 0.321. The van der Waals surface area contributed by atoms with E-state index in [1.54, 1.807) is 6.92 Å². The molecule has 0 saturated heterocycles. The van der Waals surface area contributed by atoms with Gasteiger partial charge in [0, 0.05) is 0 Å². The Morgan fingerprint density at radius 3 is 2.73 bits per heavy atom. The molecule has 0 bridgehead atoms. The fourth-order valence-corrected chi connectivity index (χ4v) is 0.559. The Bertz CT molecular complexity index is 237. The highest BCUT2D eigenvalue weighted by Gasteiger charge is 2.05. The molecule has 58 valence electrons. The van der Waals surface area contributed by atoms with Gasteiger partial charge in [0.05, 0.1) is 24.6 Å². The number of aromatic nitrogens is 3. The van der Waals surface area contributed by atoms with Crippen LogP contribution in [-0.2, 0) is 4.74 Å². The molecule has 0 radical (unpaired) electrons. The minimum atomic E-state index is -0.421. The van der Waals surface area contributed by atoms with Crippen LogP contribution >= 0.6 is 0 Å². The second-order valence-electron chi connectivity index (χ2n) is 1.75. The fraction of sp³-hybridized carbons (Fsp3) is 0.333. The normalized spacial score (nSPS) is 9.18. The summed E-state index contributed by atoms with van der Waals surface area (Å²) < 4.78 is 4.68. The number of carbonyl (C=O) groups excluding carboxylic acids is 1. The third-order valence-electron chi connectivity index (χ3n) is 1.01. The molecule has 0 aromatic carbocycles. The van der Waals surface area contributed by atoms with Crippen LogP contribution in [0, 0.1) is 0 Å². The molecule has 0 fully saturated rings. The predicted molar refractivity (Wildman–Crippen MR) is 35.8 cm³/mol. The summed E-state index contributed by atoms with van der Waals surface area (Å²) in [4.78, 5) is 10.9. The van der Waals surface area contributed by atoms with Crippen LogP contribution in [-0.4, -0.2) is 28.0 Å². The summed E-state index contributed by atoms with van der Waals surface area (Å²) in [6.07, 6.45) is 2.62. The van der Waals surface area contributed by atoms with Crippen molar-refractivity contribution in [1.82, 2.24) is 15.4 Å². The molecular weight excluding hydrogens is 146 g/mol. The van der Waals surface area contributed by atoms with E-state index in [4.69, 9.17) is 0 Å². The summed E-state index contributed by atoms with van der Waals surface area (Å²) in [6.45, 7) is 2.08. The van der Waals surface area contributed by atoms with Crippen LogP contribution in [0.5, 0.6) is 0 Å². The summed E-state index contributed by atoms with van der Waals surface area (Å²) in [5.41, 5.74) is 0.321. The molecule has 1 rings (SSSR count). The second-order valence-corrected chi connectivity index (χ2v) is 1.75. The molecule has 0 N–H and O–H groups in total. The van der Waals surface area contributed by atoms with Gasteiger partial charge in [-0.2, -0.15) is 0 Å². The first kappa shape index (κ1) is 7.59. The topological polar surface area (TPSA) is 65.0 Å². The van der Waals surface area contributed by atoms with Crippen LogP contribution in [0.4, 0.5) is 0 Å².